The number of nitrogens with zero attached hydrogens (tertiary/aromatic N) is 2. The second kappa shape index (κ2) is 13.3. The zero-order valence-corrected chi connectivity index (χ0v) is 17.7. The Morgan fingerprint density at radius 2 is 1.89 bits per heavy atom. The zero-order valence-electron chi connectivity index (χ0n) is 16.1. The Morgan fingerprint density at radius 3 is 2.57 bits per heavy atom. The second-order valence-corrected chi connectivity index (χ2v) is 6.84. The lowest BCUT2D eigenvalue weighted by Crippen LogP contribution is -2.46. The van der Waals surface area contributed by atoms with Crippen molar-refractivity contribution in [3.8, 4) is 0 Å². The first-order valence-corrected chi connectivity index (χ1v) is 9.52. The maximum Gasteiger partial charge on any atom is 0.241 e. The van der Waals surface area contributed by atoms with E-state index in [2.05, 4.69) is 20.4 Å². The number of benzene rings is 1. The highest BCUT2D eigenvalue weighted by Crippen LogP contribution is 2.23. The summed E-state index contributed by atoms with van der Waals surface area (Å²) in [7, 11) is 0. The lowest BCUT2D eigenvalue weighted by Gasteiger charge is -2.34. The van der Waals surface area contributed by atoms with E-state index in [0.29, 0.717) is 38.4 Å². The summed E-state index contributed by atoms with van der Waals surface area (Å²) in [5, 5.41) is 6.39. The molecule has 6 nitrogen and oxygen atoms in total. The third-order valence-corrected chi connectivity index (χ3v) is 4.98. The molecule has 0 saturated carbocycles. The highest BCUT2D eigenvalue weighted by Gasteiger charge is 2.29. The Morgan fingerprint density at radius 1 is 1.18 bits per heavy atom. The van der Waals surface area contributed by atoms with Gasteiger partial charge in [0.15, 0.2) is 0 Å². The number of hydrogen-bond donors (Lipinski definition) is 2. The average molecular weight is 437 g/mol. The number of rotatable bonds is 7. The Kier molecular flexibility index (Phi) is 11.9. The molecule has 2 heterocycles. The van der Waals surface area contributed by atoms with Crippen LogP contribution in [0.3, 0.4) is 0 Å². The first-order valence-electron chi connectivity index (χ1n) is 9.52. The summed E-state index contributed by atoms with van der Waals surface area (Å²) in [5.41, 5.74) is 0.700. The van der Waals surface area contributed by atoms with E-state index in [-0.39, 0.29) is 36.5 Å². The predicted octanol–water partition coefficient (Wildman–Crippen LogP) is 1.45. The fourth-order valence-corrected chi connectivity index (χ4v) is 3.59. The van der Waals surface area contributed by atoms with Crippen LogP contribution in [0.4, 0.5) is 4.39 Å². The fraction of sp³-hybridized carbons (Fsp3) is 0.632. The van der Waals surface area contributed by atoms with E-state index in [1.807, 2.05) is 6.07 Å². The molecule has 2 N–H and O–H groups in total. The SMILES string of the molecule is Cl.Cl.O=C(NCCCN1CCNCC1)C(c1cccc(F)c1)N1CCOCC1. The van der Waals surface area contributed by atoms with Crippen LogP contribution in [0.2, 0.25) is 0 Å². The largest absolute Gasteiger partial charge is 0.379 e. The minimum atomic E-state index is -0.464. The van der Waals surface area contributed by atoms with Crippen molar-refractivity contribution >= 4 is 30.7 Å². The van der Waals surface area contributed by atoms with E-state index < -0.39 is 6.04 Å². The van der Waals surface area contributed by atoms with Gasteiger partial charge in [-0.25, -0.2) is 4.39 Å². The molecular formula is C19H31Cl2FN4O2. The monoisotopic (exact) mass is 436 g/mol. The molecule has 0 aromatic heterocycles. The number of carbonyl (C=O) groups excluding carboxylic acids is 1. The summed E-state index contributed by atoms with van der Waals surface area (Å²) >= 11 is 0. The maximum absolute atomic E-state index is 13.7. The number of nitrogens with one attached hydrogen (secondary N) is 2. The van der Waals surface area contributed by atoms with Gasteiger partial charge >= 0.3 is 0 Å². The molecule has 1 aromatic carbocycles. The van der Waals surface area contributed by atoms with Crippen molar-refractivity contribution in [1.29, 1.82) is 0 Å². The van der Waals surface area contributed by atoms with Gasteiger partial charge < -0.3 is 20.3 Å². The number of piperazine rings is 1. The van der Waals surface area contributed by atoms with Crippen LogP contribution in [0.15, 0.2) is 24.3 Å². The van der Waals surface area contributed by atoms with E-state index in [4.69, 9.17) is 4.74 Å². The Hall–Kier alpha value is -0.960. The van der Waals surface area contributed by atoms with E-state index in [9.17, 15) is 9.18 Å². The van der Waals surface area contributed by atoms with Crippen LogP contribution in [-0.4, -0.2) is 81.3 Å². The van der Waals surface area contributed by atoms with Gasteiger partial charge in [0, 0.05) is 45.8 Å². The Bertz CT molecular complexity index is 585. The van der Waals surface area contributed by atoms with E-state index in [1.54, 1.807) is 6.07 Å². The van der Waals surface area contributed by atoms with E-state index in [1.165, 1.54) is 12.1 Å². The topological polar surface area (TPSA) is 56.8 Å². The molecule has 1 unspecified atom stereocenters. The van der Waals surface area contributed by atoms with Crippen molar-refractivity contribution in [2.45, 2.75) is 12.5 Å². The maximum atomic E-state index is 13.7. The van der Waals surface area contributed by atoms with Gasteiger partial charge in [-0.2, -0.15) is 0 Å². The van der Waals surface area contributed by atoms with Gasteiger partial charge in [0.1, 0.15) is 11.9 Å². The van der Waals surface area contributed by atoms with Gasteiger partial charge in [-0.05, 0) is 30.7 Å². The van der Waals surface area contributed by atoms with Gasteiger partial charge in [0.25, 0.3) is 0 Å². The van der Waals surface area contributed by atoms with Crippen LogP contribution in [0, 0.1) is 5.82 Å². The van der Waals surface area contributed by atoms with Crippen molar-refractivity contribution in [3.05, 3.63) is 35.6 Å². The molecule has 160 valence electrons. The van der Waals surface area contributed by atoms with Crippen LogP contribution in [-0.2, 0) is 9.53 Å². The van der Waals surface area contributed by atoms with Crippen molar-refractivity contribution < 1.29 is 13.9 Å². The summed E-state index contributed by atoms with van der Waals surface area (Å²) in [6, 6.07) is 5.89. The van der Waals surface area contributed by atoms with Crippen LogP contribution in [0.5, 0.6) is 0 Å². The van der Waals surface area contributed by atoms with Crippen molar-refractivity contribution in [3.63, 3.8) is 0 Å². The summed E-state index contributed by atoms with van der Waals surface area (Å²) in [6.07, 6.45) is 0.921. The summed E-state index contributed by atoms with van der Waals surface area (Å²) in [4.78, 5) is 17.4. The number of morpholine rings is 1. The third-order valence-electron chi connectivity index (χ3n) is 4.98. The first kappa shape index (κ1) is 25.1. The van der Waals surface area contributed by atoms with Crippen LogP contribution in [0.25, 0.3) is 0 Å². The smallest absolute Gasteiger partial charge is 0.241 e. The Balaban J connectivity index is 0.00000196. The summed E-state index contributed by atoms with van der Waals surface area (Å²) < 4.78 is 19.1. The molecule has 0 radical (unpaired) electrons. The predicted molar refractivity (Wildman–Crippen MR) is 113 cm³/mol. The molecule has 0 aliphatic carbocycles. The molecule has 2 aliphatic rings. The highest BCUT2D eigenvalue weighted by atomic mass is 35.5. The van der Waals surface area contributed by atoms with Crippen molar-refractivity contribution in [2.24, 2.45) is 0 Å². The van der Waals surface area contributed by atoms with E-state index in [0.717, 1.165) is 39.1 Å². The average Bonchev–Trinajstić information content (AvgIpc) is 2.67. The van der Waals surface area contributed by atoms with Gasteiger partial charge in [-0.15, -0.1) is 24.8 Å². The van der Waals surface area contributed by atoms with Gasteiger partial charge in [-0.3, -0.25) is 9.69 Å². The first-order chi connectivity index (χ1) is 12.7. The number of ether oxygens (including phenoxy) is 1. The fourth-order valence-electron chi connectivity index (χ4n) is 3.59. The minimum Gasteiger partial charge on any atom is -0.379 e. The molecule has 0 spiro atoms. The highest BCUT2D eigenvalue weighted by molar-refractivity contribution is 5.85. The number of halogens is 3. The van der Waals surface area contributed by atoms with Crippen LogP contribution >= 0.6 is 24.8 Å². The lowest BCUT2D eigenvalue weighted by atomic mass is 10.0. The third kappa shape index (κ3) is 7.46. The quantitative estimate of drug-likeness (QED) is 0.633. The minimum absolute atomic E-state index is 0. The molecule has 0 bridgehead atoms. The second-order valence-electron chi connectivity index (χ2n) is 6.84. The standard InChI is InChI=1S/C19H29FN4O2.2ClH/c20-17-4-1-3-16(15-17)18(24-11-13-26-14-12-24)19(25)22-5-2-8-23-9-6-21-7-10-23;;/h1,3-4,15,18,21H,2,5-14H2,(H,22,25);2*1H. The molecule has 2 fully saturated rings. The number of hydrogen-bond acceptors (Lipinski definition) is 5. The van der Waals surface area contributed by atoms with Gasteiger partial charge in [0.2, 0.25) is 5.91 Å². The molecule has 1 amide bonds. The molecule has 28 heavy (non-hydrogen) atoms. The normalized spacial score (nSPS) is 19.2. The number of carbonyl (C=O) groups is 1. The Labute approximate surface area is 179 Å². The molecule has 3 rings (SSSR count). The van der Waals surface area contributed by atoms with Crippen molar-refractivity contribution in [1.82, 2.24) is 20.4 Å². The van der Waals surface area contributed by atoms with E-state index >= 15 is 0 Å². The molecule has 1 aromatic rings. The van der Waals surface area contributed by atoms with Crippen LogP contribution in [0.1, 0.15) is 18.0 Å². The molecule has 2 saturated heterocycles. The molecule has 1 atom stereocenters. The molecule has 2 aliphatic heterocycles. The van der Waals surface area contributed by atoms with Crippen LogP contribution < -0.4 is 10.6 Å². The van der Waals surface area contributed by atoms with Gasteiger partial charge in [0.05, 0.1) is 13.2 Å². The summed E-state index contributed by atoms with van der Waals surface area (Å²) in [6.45, 7) is 8.37. The van der Waals surface area contributed by atoms with Gasteiger partial charge in [-0.1, -0.05) is 12.1 Å². The zero-order chi connectivity index (χ0) is 18.2. The van der Waals surface area contributed by atoms with Crippen molar-refractivity contribution in [2.75, 3.05) is 65.6 Å². The molecule has 9 heteroatoms. The summed E-state index contributed by atoms with van der Waals surface area (Å²) in [5.74, 6) is -0.370. The lowest BCUT2D eigenvalue weighted by molar-refractivity contribution is -0.128. The molecular weight excluding hydrogens is 406 g/mol. The number of amides is 1.